The molecule has 1 aromatic rings. The van der Waals surface area contributed by atoms with E-state index in [2.05, 4.69) is 16.8 Å². The van der Waals surface area contributed by atoms with Crippen LogP contribution in [0.15, 0.2) is 36.9 Å². The van der Waals surface area contributed by atoms with Gasteiger partial charge in [0.05, 0.1) is 0 Å². The summed E-state index contributed by atoms with van der Waals surface area (Å²) in [6, 6.07) is 6.09. The van der Waals surface area contributed by atoms with Crippen molar-refractivity contribution in [3.63, 3.8) is 0 Å². The molecular weight excluding hydrogens is 257 g/mol. The van der Waals surface area contributed by atoms with Gasteiger partial charge >= 0.3 is 6.03 Å². The normalized spacial score (nSPS) is 15.9. The first-order valence-corrected chi connectivity index (χ1v) is 6.79. The highest BCUT2D eigenvalue weighted by molar-refractivity contribution is 5.74. The Morgan fingerprint density at radius 2 is 1.90 bits per heavy atom. The van der Waals surface area contributed by atoms with Gasteiger partial charge in [-0.2, -0.15) is 0 Å². The SMILES string of the molecule is C=CCN1CCN(C(=O)NCc2ccc(F)cc2)CC1. The maximum atomic E-state index is 12.8. The molecule has 0 spiro atoms. The van der Waals surface area contributed by atoms with Gasteiger partial charge in [0.15, 0.2) is 0 Å². The lowest BCUT2D eigenvalue weighted by molar-refractivity contribution is 0.146. The van der Waals surface area contributed by atoms with Crippen LogP contribution in [0.4, 0.5) is 9.18 Å². The molecule has 2 amide bonds. The first-order valence-electron chi connectivity index (χ1n) is 6.79. The molecule has 1 heterocycles. The van der Waals surface area contributed by atoms with Gasteiger partial charge in [-0.3, -0.25) is 4.90 Å². The van der Waals surface area contributed by atoms with Crippen molar-refractivity contribution in [3.05, 3.63) is 48.3 Å². The molecule has 5 heteroatoms. The van der Waals surface area contributed by atoms with E-state index in [-0.39, 0.29) is 11.8 Å². The van der Waals surface area contributed by atoms with E-state index in [0.717, 1.165) is 38.3 Å². The van der Waals surface area contributed by atoms with E-state index < -0.39 is 0 Å². The lowest BCUT2D eigenvalue weighted by Crippen LogP contribution is -2.51. The van der Waals surface area contributed by atoms with Crippen molar-refractivity contribution in [3.8, 4) is 0 Å². The van der Waals surface area contributed by atoms with Crippen molar-refractivity contribution in [1.82, 2.24) is 15.1 Å². The molecule has 4 nitrogen and oxygen atoms in total. The number of benzene rings is 1. The molecule has 1 saturated heterocycles. The number of nitrogens with zero attached hydrogens (tertiary/aromatic N) is 2. The summed E-state index contributed by atoms with van der Waals surface area (Å²) in [5, 5.41) is 2.86. The third-order valence-electron chi connectivity index (χ3n) is 3.40. The fraction of sp³-hybridized carbons (Fsp3) is 0.400. The maximum absolute atomic E-state index is 12.8. The Labute approximate surface area is 118 Å². The smallest absolute Gasteiger partial charge is 0.317 e. The van der Waals surface area contributed by atoms with Gasteiger partial charge in [0.1, 0.15) is 5.82 Å². The summed E-state index contributed by atoms with van der Waals surface area (Å²) in [4.78, 5) is 16.1. The van der Waals surface area contributed by atoms with Crippen LogP contribution in [0.1, 0.15) is 5.56 Å². The van der Waals surface area contributed by atoms with Crippen molar-refractivity contribution in [2.75, 3.05) is 32.7 Å². The number of hydrogen-bond acceptors (Lipinski definition) is 2. The summed E-state index contributed by atoms with van der Waals surface area (Å²) in [7, 11) is 0. The van der Waals surface area contributed by atoms with Crippen LogP contribution in [-0.4, -0.2) is 48.6 Å². The highest BCUT2D eigenvalue weighted by Crippen LogP contribution is 2.04. The predicted octanol–water partition coefficient (Wildman–Crippen LogP) is 1.84. The number of rotatable bonds is 4. The van der Waals surface area contributed by atoms with Gasteiger partial charge in [-0.1, -0.05) is 18.2 Å². The highest BCUT2D eigenvalue weighted by Gasteiger charge is 2.19. The monoisotopic (exact) mass is 277 g/mol. The molecule has 0 bridgehead atoms. The number of carbonyl (C=O) groups excluding carboxylic acids is 1. The molecule has 108 valence electrons. The Morgan fingerprint density at radius 3 is 2.50 bits per heavy atom. The molecule has 2 rings (SSSR count). The minimum Gasteiger partial charge on any atom is -0.334 e. The number of piperazine rings is 1. The first-order chi connectivity index (χ1) is 9.69. The molecule has 0 radical (unpaired) electrons. The molecule has 1 N–H and O–H groups in total. The molecule has 0 aliphatic carbocycles. The van der Waals surface area contributed by atoms with E-state index >= 15 is 0 Å². The fourth-order valence-corrected chi connectivity index (χ4v) is 2.21. The summed E-state index contributed by atoms with van der Waals surface area (Å²) in [5.41, 5.74) is 0.894. The van der Waals surface area contributed by atoms with Crippen molar-refractivity contribution < 1.29 is 9.18 Å². The minimum absolute atomic E-state index is 0.0624. The topological polar surface area (TPSA) is 35.6 Å². The summed E-state index contributed by atoms with van der Waals surface area (Å²) in [5.74, 6) is -0.265. The van der Waals surface area contributed by atoms with E-state index in [1.807, 2.05) is 11.0 Å². The van der Waals surface area contributed by atoms with Gasteiger partial charge in [-0.05, 0) is 17.7 Å². The van der Waals surface area contributed by atoms with Gasteiger partial charge in [-0.25, -0.2) is 9.18 Å². The van der Waals surface area contributed by atoms with Crippen molar-refractivity contribution in [2.24, 2.45) is 0 Å². The molecule has 0 aromatic heterocycles. The average Bonchev–Trinajstić information content (AvgIpc) is 2.47. The largest absolute Gasteiger partial charge is 0.334 e. The van der Waals surface area contributed by atoms with E-state index in [1.54, 1.807) is 12.1 Å². The molecule has 20 heavy (non-hydrogen) atoms. The van der Waals surface area contributed by atoms with Gasteiger partial charge in [-0.15, -0.1) is 6.58 Å². The van der Waals surface area contributed by atoms with Crippen LogP contribution in [-0.2, 0) is 6.54 Å². The zero-order valence-electron chi connectivity index (χ0n) is 11.5. The second kappa shape index (κ2) is 7.05. The van der Waals surface area contributed by atoms with E-state index in [1.165, 1.54) is 12.1 Å². The van der Waals surface area contributed by atoms with Gasteiger partial charge in [0, 0.05) is 39.3 Å². The van der Waals surface area contributed by atoms with Crippen LogP contribution in [0.3, 0.4) is 0 Å². The molecule has 1 fully saturated rings. The van der Waals surface area contributed by atoms with Gasteiger partial charge in [0.2, 0.25) is 0 Å². The number of urea groups is 1. The summed E-state index contributed by atoms with van der Waals surface area (Å²) in [6.45, 7) is 8.20. The van der Waals surface area contributed by atoms with Crippen LogP contribution in [0.2, 0.25) is 0 Å². The van der Waals surface area contributed by atoms with Crippen LogP contribution in [0, 0.1) is 5.82 Å². The second-order valence-electron chi connectivity index (χ2n) is 4.86. The summed E-state index contributed by atoms with van der Waals surface area (Å²) in [6.07, 6.45) is 1.88. The van der Waals surface area contributed by atoms with Crippen molar-refractivity contribution in [1.29, 1.82) is 0 Å². The minimum atomic E-state index is -0.265. The summed E-state index contributed by atoms with van der Waals surface area (Å²) < 4.78 is 12.8. The van der Waals surface area contributed by atoms with Crippen molar-refractivity contribution >= 4 is 6.03 Å². The lowest BCUT2D eigenvalue weighted by Gasteiger charge is -2.34. The maximum Gasteiger partial charge on any atom is 0.317 e. The Kier molecular flexibility index (Phi) is 5.12. The third-order valence-corrected chi connectivity index (χ3v) is 3.40. The van der Waals surface area contributed by atoms with E-state index in [9.17, 15) is 9.18 Å². The number of nitrogens with one attached hydrogen (secondary N) is 1. The molecule has 1 aliphatic heterocycles. The summed E-state index contributed by atoms with van der Waals surface area (Å²) >= 11 is 0. The fourth-order valence-electron chi connectivity index (χ4n) is 2.21. The Hall–Kier alpha value is -1.88. The standard InChI is InChI=1S/C15H20FN3O/c1-2-7-18-8-10-19(11-9-18)15(20)17-12-13-3-5-14(16)6-4-13/h2-6H,1,7-12H2,(H,17,20). The number of amides is 2. The molecule has 1 aromatic carbocycles. The van der Waals surface area contributed by atoms with Crippen LogP contribution < -0.4 is 5.32 Å². The predicted molar refractivity (Wildman–Crippen MR) is 76.8 cm³/mol. The third kappa shape index (κ3) is 4.06. The zero-order valence-corrected chi connectivity index (χ0v) is 11.5. The van der Waals surface area contributed by atoms with Crippen molar-refractivity contribution in [2.45, 2.75) is 6.54 Å². The molecule has 0 atom stereocenters. The van der Waals surface area contributed by atoms with E-state index in [0.29, 0.717) is 6.54 Å². The van der Waals surface area contributed by atoms with Crippen LogP contribution in [0.5, 0.6) is 0 Å². The van der Waals surface area contributed by atoms with E-state index in [4.69, 9.17) is 0 Å². The highest BCUT2D eigenvalue weighted by atomic mass is 19.1. The number of carbonyl (C=O) groups is 1. The molecule has 0 unspecified atom stereocenters. The average molecular weight is 277 g/mol. The number of halogens is 1. The second-order valence-corrected chi connectivity index (χ2v) is 4.86. The van der Waals surface area contributed by atoms with Crippen LogP contribution in [0.25, 0.3) is 0 Å². The van der Waals surface area contributed by atoms with Gasteiger partial charge < -0.3 is 10.2 Å². The van der Waals surface area contributed by atoms with Crippen LogP contribution >= 0.6 is 0 Å². The molecule has 1 aliphatic rings. The van der Waals surface area contributed by atoms with Gasteiger partial charge in [0.25, 0.3) is 0 Å². The lowest BCUT2D eigenvalue weighted by atomic mass is 10.2. The Morgan fingerprint density at radius 1 is 1.25 bits per heavy atom. The zero-order chi connectivity index (χ0) is 14.4. The Bertz CT molecular complexity index is 453. The molecule has 0 saturated carbocycles. The Balaban J connectivity index is 1.75. The number of hydrogen-bond donors (Lipinski definition) is 1. The quantitative estimate of drug-likeness (QED) is 0.852. The first kappa shape index (κ1) is 14.5. The molecular formula is C15H20FN3O.